The summed E-state index contributed by atoms with van der Waals surface area (Å²) in [6.45, 7) is -0.820. The Bertz CT molecular complexity index is 1460. The van der Waals surface area contributed by atoms with Crippen molar-refractivity contribution in [3.05, 3.63) is 71.9 Å². The molecule has 10 nitrogen and oxygen atoms in total. The highest BCUT2D eigenvalue weighted by Crippen LogP contribution is 2.40. The molecule has 2 aromatic carbocycles. The molecule has 0 spiro atoms. The minimum Gasteiger partial charge on any atom is -0.467 e. The van der Waals surface area contributed by atoms with Crippen molar-refractivity contribution in [1.29, 1.82) is 5.41 Å². The number of aromatic nitrogens is 1. The van der Waals surface area contributed by atoms with Gasteiger partial charge in [-0.05, 0) is 54.8 Å². The van der Waals surface area contributed by atoms with Crippen molar-refractivity contribution < 1.29 is 33.0 Å². The first-order valence-corrected chi connectivity index (χ1v) is 12.8. The Labute approximate surface area is 228 Å². The van der Waals surface area contributed by atoms with Crippen LogP contribution in [0.4, 0.5) is 13.6 Å². The number of carbonyl (C=O) groups is 2. The van der Waals surface area contributed by atoms with Crippen LogP contribution in [-0.4, -0.2) is 70.8 Å². The lowest BCUT2D eigenvalue weighted by atomic mass is 10.1. The second kappa shape index (κ2) is 11.1. The number of aliphatic hydroxyl groups excluding tert-OH is 1. The molecule has 1 aromatic heterocycles. The van der Waals surface area contributed by atoms with E-state index in [0.29, 0.717) is 23.0 Å². The quantitative estimate of drug-likeness (QED) is 0.192. The Kier molecular flexibility index (Phi) is 7.55. The number of fused-ring (bicyclic) bond motifs is 1. The molecule has 1 aliphatic heterocycles. The molecule has 0 atom stereocenters. The predicted octanol–water partition coefficient (Wildman–Crippen LogP) is 3.48. The fourth-order valence-corrected chi connectivity index (χ4v) is 4.63. The maximum absolute atomic E-state index is 13.2. The van der Waals surface area contributed by atoms with Crippen LogP contribution in [0.3, 0.4) is 0 Å². The molecule has 1 saturated heterocycles. The van der Waals surface area contributed by atoms with E-state index in [-0.39, 0.29) is 23.4 Å². The number of hydrogen-bond donors (Lipinski definition) is 4. The smallest absolute Gasteiger partial charge is 0.387 e. The maximum Gasteiger partial charge on any atom is 0.387 e. The highest BCUT2D eigenvalue weighted by atomic mass is 19.3. The van der Waals surface area contributed by atoms with E-state index in [1.165, 1.54) is 42.1 Å². The van der Waals surface area contributed by atoms with Gasteiger partial charge in [-0.25, -0.2) is 4.79 Å². The minimum absolute atomic E-state index is 0.0824. The molecular formula is C28H29F2N5O5. The van der Waals surface area contributed by atoms with Gasteiger partial charge in [0.2, 0.25) is 5.60 Å². The van der Waals surface area contributed by atoms with Gasteiger partial charge < -0.3 is 25.2 Å². The number of hydrogen-bond acceptors (Lipinski definition) is 7. The number of rotatable bonds is 8. The number of carbonyl (C=O) groups excluding carboxylic acids is 2. The van der Waals surface area contributed by atoms with E-state index in [1.807, 2.05) is 12.1 Å². The molecule has 0 saturated carbocycles. The number of alkyl halides is 2. The van der Waals surface area contributed by atoms with E-state index in [1.54, 1.807) is 18.2 Å². The SMILES string of the molecule is CNC(=O)n1ccc2cc(OC3(C(=N)NC(=O)c4ccc(CN5CCC(O)CC5)cc4)C=C3)c(OC(F)F)cc21. The Morgan fingerprint density at radius 2 is 1.82 bits per heavy atom. The summed E-state index contributed by atoms with van der Waals surface area (Å²) in [4.78, 5) is 27.2. The van der Waals surface area contributed by atoms with Gasteiger partial charge in [-0.3, -0.25) is 19.7 Å². The summed E-state index contributed by atoms with van der Waals surface area (Å²) >= 11 is 0. The molecule has 2 heterocycles. The van der Waals surface area contributed by atoms with E-state index < -0.39 is 24.2 Å². The van der Waals surface area contributed by atoms with Crippen LogP contribution in [0.2, 0.25) is 0 Å². The molecule has 0 radical (unpaired) electrons. The molecule has 3 aromatic rings. The molecule has 4 N–H and O–H groups in total. The first kappa shape index (κ1) is 27.3. The molecule has 2 amide bonds. The fourth-order valence-electron chi connectivity index (χ4n) is 4.63. The van der Waals surface area contributed by atoms with Gasteiger partial charge in [-0.15, -0.1) is 0 Å². The lowest BCUT2D eigenvalue weighted by Gasteiger charge is -2.29. The lowest BCUT2D eigenvalue weighted by molar-refractivity contribution is -0.0516. The average molecular weight is 554 g/mol. The predicted molar refractivity (Wildman–Crippen MR) is 143 cm³/mol. The molecule has 210 valence electrons. The Morgan fingerprint density at radius 1 is 1.12 bits per heavy atom. The highest BCUT2D eigenvalue weighted by Gasteiger charge is 2.44. The van der Waals surface area contributed by atoms with Crippen LogP contribution >= 0.6 is 0 Å². The number of ether oxygens (including phenoxy) is 2. The third-order valence-electron chi connectivity index (χ3n) is 6.96. The summed E-state index contributed by atoms with van der Waals surface area (Å²) in [7, 11) is 1.45. The molecule has 5 rings (SSSR count). The second-order valence-electron chi connectivity index (χ2n) is 9.74. The van der Waals surface area contributed by atoms with Crippen LogP contribution in [0.1, 0.15) is 28.8 Å². The van der Waals surface area contributed by atoms with Crippen molar-refractivity contribution in [2.75, 3.05) is 20.1 Å². The van der Waals surface area contributed by atoms with E-state index in [4.69, 9.17) is 10.1 Å². The molecule has 0 unspecified atom stereocenters. The van der Waals surface area contributed by atoms with Crippen molar-refractivity contribution in [1.82, 2.24) is 20.1 Å². The number of piperidine rings is 1. The normalized spacial score (nSPS) is 16.6. The van der Waals surface area contributed by atoms with E-state index in [0.717, 1.165) is 31.5 Å². The first-order valence-electron chi connectivity index (χ1n) is 12.8. The molecule has 1 aliphatic carbocycles. The van der Waals surface area contributed by atoms with Gasteiger partial charge in [-0.2, -0.15) is 8.78 Å². The van der Waals surface area contributed by atoms with Gasteiger partial charge in [0, 0.05) is 49.9 Å². The number of amidine groups is 1. The number of aliphatic hydroxyl groups is 1. The zero-order valence-electron chi connectivity index (χ0n) is 21.7. The summed E-state index contributed by atoms with van der Waals surface area (Å²) in [5.74, 6) is -1.21. The number of nitrogens with one attached hydrogen (secondary N) is 3. The van der Waals surface area contributed by atoms with Crippen LogP contribution in [0.15, 0.2) is 60.8 Å². The van der Waals surface area contributed by atoms with Crippen LogP contribution in [0.25, 0.3) is 10.9 Å². The number of likely N-dealkylation sites (tertiary alicyclic amines) is 1. The topological polar surface area (TPSA) is 129 Å². The molecule has 12 heteroatoms. The minimum atomic E-state index is -3.16. The largest absolute Gasteiger partial charge is 0.467 e. The molecule has 40 heavy (non-hydrogen) atoms. The van der Waals surface area contributed by atoms with Gasteiger partial charge in [0.25, 0.3) is 5.91 Å². The van der Waals surface area contributed by atoms with Crippen molar-refractivity contribution in [2.24, 2.45) is 0 Å². The fraction of sp³-hybridized carbons (Fsp3) is 0.321. The lowest BCUT2D eigenvalue weighted by Crippen LogP contribution is -2.44. The summed E-state index contributed by atoms with van der Waals surface area (Å²) < 4.78 is 38.2. The van der Waals surface area contributed by atoms with Crippen LogP contribution in [0.5, 0.6) is 11.5 Å². The number of halogens is 2. The standard InChI is InChI=1S/C28H29F2N5O5/c1-32-27(38)35-13-6-19-14-23(22(15-21(19)35)39-26(29)30)40-28(9-10-28)25(31)33-24(37)18-4-2-17(3-5-18)16-34-11-7-20(36)8-12-34/h2-6,9-10,13-15,20,26,36H,7-8,11-12,16H2,1H3,(H,32,38)(H2,31,33,37). The van der Waals surface area contributed by atoms with Gasteiger partial charge in [0.1, 0.15) is 0 Å². The van der Waals surface area contributed by atoms with E-state index >= 15 is 0 Å². The van der Waals surface area contributed by atoms with Crippen molar-refractivity contribution in [3.8, 4) is 11.5 Å². The third kappa shape index (κ3) is 5.82. The monoisotopic (exact) mass is 553 g/mol. The van der Waals surface area contributed by atoms with Gasteiger partial charge in [-0.1, -0.05) is 12.1 Å². The molecule has 2 aliphatic rings. The number of nitrogens with zero attached hydrogens (tertiary/aromatic N) is 2. The zero-order chi connectivity index (χ0) is 28.4. The summed E-state index contributed by atoms with van der Waals surface area (Å²) in [5, 5.41) is 23.7. The number of benzene rings is 2. The van der Waals surface area contributed by atoms with Crippen LogP contribution in [0, 0.1) is 5.41 Å². The van der Waals surface area contributed by atoms with Crippen molar-refractivity contribution in [2.45, 2.75) is 37.7 Å². The average Bonchev–Trinajstić information content (AvgIpc) is 3.61. The van der Waals surface area contributed by atoms with Crippen LogP contribution < -0.4 is 20.1 Å². The summed E-state index contributed by atoms with van der Waals surface area (Å²) in [6, 6.07) is 10.9. The Morgan fingerprint density at radius 3 is 2.45 bits per heavy atom. The zero-order valence-corrected chi connectivity index (χ0v) is 21.7. The number of amides is 2. The van der Waals surface area contributed by atoms with Gasteiger partial charge >= 0.3 is 12.6 Å². The van der Waals surface area contributed by atoms with Crippen molar-refractivity contribution >= 4 is 28.7 Å². The van der Waals surface area contributed by atoms with E-state index in [2.05, 4.69) is 20.3 Å². The Hall–Kier alpha value is -4.29. The van der Waals surface area contributed by atoms with Gasteiger partial charge in [0.15, 0.2) is 17.3 Å². The van der Waals surface area contributed by atoms with Crippen LogP contribution in [-0.2, 0) is 6.54 Å². The van der Waals surface area contributed by atoms with Crippen molar-refractivity contribution in [3.63, 3.8) is 0 Å². The first-order chi connectivity index (χ1) is 19.2. The van der Waals surface area contributed by atoms with E-state index in [9.17, 15) is 23.5 Å². The van der Waals surface area contributed by atoms with Gasteiger partial charge in [0.05, 0.1) is 11.6 Å². The summed E-state index contributed by atoms with van der Waals surface area (Å²) in [6.07, 6.45) is 5.75. The Balaban J connectivity index is 1.27. The summed E-state index contributed by atoms with van der Waals surface area (Å²) in [5.41, 5.74) is 0.256. The second-order valence-corrected chi connectivity index (χ2v) is 9.74. The maximum atomic E-state index is 13.2. The molecule has 0 bridgehead atoms. The highest BCUT2D eigenvalue weighted by molar-refractivity contribution is 6.11. The molecule has 1 fully saturated rings. The molecular weight excluding hydrogens is 524 g/mol. The third-order valence-corrected chi connectivity index (χ3v) is 6.96.